The molecule has 0 aromatic heterocycles. The Morgan fingerprint density at radius 3 is 2.62 bits per heavy atom. The fourth-order valence-corrected chi connectivity index (χ4v) is 3.47. The van der Waals surface area contributed by atoms with Crippen molar-refractivity contribution >= 4 is 30.1 Å². The molecule has 2 aliphatic heterocycles. The van der Waals surface area contributed by atoms with Crippen molar-refractivity contribution in [3.8, 4) is 0 Å². The fraction of sp³-hybridized carbons (Fsp3) is 0.833. The minimum absolute atomic E-state index is 0. The van der Waals surface area contributed by atoms with Crippen LogP contribution in [0.3, 0.4) is 0 Å². The Morgan fingerprint density at radius 2 is 1.92 bits per heavy atom. The predicted molar refractivity (Wildman–Crippen MR) is 103 cm³/mol. The molecular formula is C18H33ClN4O3. The number of hydrogen-bond acceptors (Lipinski definition) is 4. The largest absolute Gasteiger partial charge is 0.356 e. The normalized spacial score (nSPS) is 22.4. The second-order valence-corrected chi connectivity index (χ2v) is 7.09. The minimum atomic E-state index is -0.0555. The van der Waals surface area contributed by atoms with Crippen molar-refractivity contribution in [2.75, 3.05) is 32.7 Å². The van der Waals surface area contributed by atoms with Crippen LogP contribution in [0.25, 0.3) is 0 Å². The van der Waals surface area contributed by atoms with Gasteiger partial charge in [0.2, 0.25) is 17.7 Å². The summed E-state index contributed by atoms with van der Waals surface area (Å²) in [6.45, 7) is 5.63. The highest BCUT2D eigenvalue weighted by molar-refractivity contribution is 5.85. The number of nitrogens with zero attached hydrogens (tertiary/aromatic N) is 1. The zero-order chi connectivity index (χ0) is 18.1. The lowest BCUT2D eigenvalue weighted by Gasteiger charge is -2.33. The molecule has 150 valence electrons. The zero-order valence-electron chi connectivity index (χ0n) is 15.7. The van der Waals surface area contributed by atoms with E-state index in [9.17, 15) is 14.4 Å². The lowest BCUT2D eigenvalue weighted by molar-refractivity contribution is -0.135. The van der Waals surface area contributed by atoms with Crippen LogP contribution in [-0.2, 0) is 14.4 Å². The van der Waals surface area contributed by atoms with Crippen LogP contribution < -0.4 is 16.0 Å². The number of amides is 3. The van der Waals surface area contributed by atoms with Gasteiger partial charge in [-0.15, -0.1) is 12.4 Å². The SMILES string of the molecule is CCCNC(=O)CCC(=O)N1CCCC(CNC(=O)C2CCCN2)C1.Cl. The molecule has 2 heterocycles. The highest BCUT2D eigenvalue weighted by Gasteiger charge is 2.26. The Hall–Kier alpha value is -1.34. The number of piperidine rings is 1. The van der Waals surface area contributed by atoms with Crippen molar-refractivity contribution in [1.82, 2.24) is 20.9 Å². The van der Waals surface area contributed by atoms with E-state index in [0.717, 1.165) is 45.2 Å². The zero-order valence-corrected chi connectivity index (χ0v) is 16.5. The third-order valence-corrected chi connectivity index (χ3v) is 4.95. The van der Waals surface area contributed by atoms with E-state index in [1.54, 1.807) is 0 Å². The molecule has 2 atom stereocenters. The number of halogens is 1. The van der Waals surface area contributed by atoms with Gasteiger partial charge in [0.15, 0.2) is 0 Å². The number of likely N-dealkylation sites (tertiary alicyclic amines) is 1. The molecule has 0 spiro atoms. The van der Waals surface area contributed by atoms with Crippen molar-refractivity contribution in [1.29, 1.82) is 0 Å². The minimum Gasteiger partial charge on any atom is -0.356 e. The van der Waals surface area contributed by atoms with Gasteiger partial charge in [0, 0.05) is 39.0 Å². The van der Waals surface area contributed by atoms with Crippen LogP contribution in [0.2, 0.25) is 0 Å². The van der Waals surface area contributed by atoms with E-state index in [1.807, 2.05) is 11.8 Å². The van der Waals surface area contributed by atoms with Crippen molar-refractivity contribution in [2.45, 2.75) is 57.9 Å². The fourth-order valence-electron chi connectivity index (χ4n) is 3.47. The number of carbonyl (C=O) groups excluding carboxylic acids is 3. The molecule has 2 fully saturated rings. The number of rotatable bonds is 8. The summed E-state index contributed by atoms with van der Waals surface area (Å²) in [5, 5.41) is 9.02. The van der Waals surface area contributed by atoms with Crippen LogP contribution in [0.15, 0.2) is 0 Å². The summed E-state index contributed by atoms with van der Waals surface area (Å²) >= 11 is 0. The second-order valence-electron chi connectivity index (χ2n) is 7.09. The van der Waals surface area contributed by atoms with Crippen molar-refractivity contribution < 1.29 is 14.4 Å². The first-order chi connectivity index (χ1) is 12.1. The average molecular weight is 389 g/mol. The van der Waals surface area contributed by atoms with Crippen LogP contribution in [0, 0.1) is 5.92 Å². The molecule has 8 heteroatoms. The quantitative estimate of drug-likeness (QED) is 0.574. The van der Waals surface area contributed by atoms with Gasteiger partial charge in [0.05, 0.1) is 6.04 Å². The van der Waals surface area contributed by atoms with E-state index in [4.69, 9.17) is 0 Å². The number of nitrogens with one attached hydrogen (secondary N) is 3. The van der Waals surface area contributed by atoms with Gasteiger partial charge in [-0.3, -0.25) is 14.4 Å². The van der Waals surface area contributed by atoms with E-state index in [2.05, 4.69) is 16.0 Å². The number of carbonyl (C=O) groups is 3. The molecule has 0 aromatic rings. The molecule has 0 radical (unpaired) electrons. The van der Waals surface area contributed by atoms with Crippen molar-refractivity contribution in [3.05, 3.63) is 0 Å². The van der Waals surface area contributed by atoms with Crippen molar-refractivity contribution in [3.63, 3.8) is 0 Å². The lowest BCUT2D eigenvalue weighted by atomic mass is 9.97. The Balaban J connectivity index is 0.00000338. The molecule has 2 saturated heterocycles. The van der Waals surface area contributed by atoms with E-state index in [1.165, 1.54) is 0 Å². The summed E-state index contributed by atoms with van der Waals surface area (Å²) in [5.41, 5.74) is 0. The Kier molecular flexibility index (Phi) is 10.6. The van der Waals surface area contributed by atoms with Gasteiger partial charge in [-0.1, -0.05) is 6.92 Å². The highest BCUT2D eigenvalue weighted by Crippen LogP contribution is 2.17. The Morgan fingerprint density at radius 1 is 1.12 bits per heavy atom. The first-order valence-corrected chi connectivity index (χ1v) is 9.65. The molecular weight excluding hydrogens is 356 g/mol. The van der Waals surface area contributed by atoms with Gasteiger partial charge >= 0.3 is 0 Å². The summed E-state index contributed by atoms with van der Waals surface area (Å²) in [6.07, 6.45) is 5.35. The van der Waals surface area contributed by atoms with Crippen LogP contribution >= 0.6 is 12.4 Å². The van der Waals surface area contributed by atoms with Crippen LogP contribution in [0.5, 0.6) is 0 Å². The molecule has 2 rings (SSSR count). The molecule has 0 aliphatic carbocycles. The second kappa shape index (κ2) is 12.1. The molecule has 2 unspecified atom stereocenters. The predicted octanol–water partition coefficient (Wildman–Crippen LogP) is 0.821. The maximum atomic E-state index is 12.3. The van der Waals surface area contributed by atoms with E-state index >= 15 is 0 Å². The van der Waals surface area contributed by atoms with Crippen LogP contribution in [0.1, 0.15) is 51.9 Å². The standard InChI is InChI=1S/C18H32N4O3.ClH/c1-2-9-20-16(23)7-8-17(24)22-11-4-5-14(13-22)12-21-18(25)15-6-3-10-19-15;/h14-15,19H,2-13H2,1H3,(H,20,23)(H,21,25);1H. The maximum Gasteiger partial charge on any atom is 0.237 e. The van der Waals surface area contributed by atoms with Gasteiger partial charge in [-0.25, -0.2) is 0 Å². The van der Waals surface area contributed by atoms with Gasteiger partial charge in [-0.05, 0) is 44.6 Å². The molecule has 0 bridgehead atoms. The Bertz CT molecular complexity index is 469. The summed E-state index contributed by atoms with van der Waals surface area (Å²) in [6, 6.07) is -0.0528. The van der Waals surface area contributed by atoms with Crippen LogP contribution in [0.4, 0.5) is 0 Å². The summed E-state index contributed by atoms with van der Waals surface area (Å²) in [4.78, 5) is 37.9. The van der Waals surface area contributed by atoms with E-state index < -0.39 is 0 Å². The van der Waals surface area contributed by atoms with E-state index in [-0.39, 0.29) is 49.0 Å². The molecule has 26 heavy (non-hydrogen) atoms. The van der Waals surface area contributed by atoms with E-state index in [0.29, 0.717) is 25.6 Å². The molecule has 3 amide bonds. The smallest absolute Gasteiger partial charge is 0.237 e. The maximum absolute atomic E-state index is 12.3. The molecule has 0 saturated carbocycles. The van der Waals surface area contributed by atoms with Gasteiger partial charge in [0.25, 0.3) is 0 Å². The number of hydrogen-bond donors (Lipinski definition) is 3. The summed E-state index contributed by atoms with van der Waals surface area (Å²) in [7, 11) is 0. The third-order valence-electron chi connectivity index (χ3n) is 4.95. The first-order valence-electron chi connectivity index (χ1n) is 9.65. The average Bonchev–Trinajstić information content (AvgIpc) is 3.17. The summed E-state index contributed by atoms with van der Waals surface area (Å²) < 4.78 is 0. The summed E-state index contributed by atoms with van der Waals surface area (Å²) in [5.74, 6) is 0.366. The molecule has 3 N–H and O–H groups in total. The van der Waals surface area contributed by atoms with Crippen LogP contribution in [-0.4, -0.2) is 61.4 Å². The van der Waals surface area contributed by atoms with Gasteiger partial charge in [-0.2, -0.15) is 0 Å². The van der Waals surface area contributed by atoms with Crippen molar-refractivity contribution in [2.24, 2.45) is 5.92 Å². The molecule has 2 aliphatic rings. The molecule has 7 nitrogen and oxygen atoms in total. The molecule has 0 aromatic carbocycles. The first kappa shape index (κ1) is 22.7. The van der Waals surface area contributed by atoms with Gasteiger partial charge in [0.1, 0.15) is 0 Å². The van der Waals surface area contributed by atoms with Gasteiger partial charge < -0.3 is 20.9 Å². The third kappa shape index (κ3) is 7.50. The topological polar surface area (TPSA) is 90.5 Å². The monoisotopic (exact) mass is 388 g/mol. The highest BCUT2D eigenvalue weighted by atomic mass is 35.5. The lowest BCUT2D eigenvalue weighted by Crippen LogP contribution is -2.46. The Labute approximate surface area is 162 Å².